The van der Waals surface area contributed by atoms with E-state index in [0.717, 1.165) is 29.4 Å². The Labute approximate surface area is 141 Å². The second kappa shape index (κ2) is 6.75. The molecule has 1 aromatic heterocycles. The lowest BCUT2D eigenvalue weighted by atomic mass is 9.89. The number of hydrogen-bond donors (Lipinski definition) is 3. The molecule has 1 amide bonds. The summed E-state index contributed by atoms with van der Waals surface area (Å²) in [4.78, 5) is 18.3. The van der Waals surface area contributed by atoms with Gasteiger partial charge in [-0.25, -0.2) is 4.98 Å². The maximum absolute atomic E-state index is 11.7. The topological polar surface area (TPSA) is 85.7 Å². The molecule has 24 heavy (non-hydrogen) atoms. The number of aromatic nitrogens is 1. The van der Waals surface area contributed by atoms with Crippen LogP contribution in [0.4, 0.5) is 5.82 Å². The number of β-amino-alcohol motifs (C(OH)–C–C–N with tert-alkyl or cyclic N) is 1. The van der Waals surface area contributed by atoms with Crippen LogP contribution >= 0.6 is 0 Å². The van der Waals surface area contributed by atoms with Crippen molar-refractivity contribution >= 4 is 22.6 Å². The van der Waals surface area contributed by atoms with Gasteiger partial charge in [-0.1, -0.05) is 18.2 Å². The fraction of sp³-hybridized carbons (Fsp3) is 0.444. The van der Waals surface area contributed by atoms with Crippen LogP contribution in [0, 0.1) is 0 Å². The minimum Gasteiger partial charge on any atom is -0.392 e. The number of nitrogens with one attached hydrogen (secondary N) is 1. The third kappa shape index (κ3) is 3.34. The maximum Gasteiger partial charge on any atom is 0.222 e. The van der Waals surface area contributed by atoms with E-state index in [2.05, 4.69) is 10.3 Å². The van der Waals surface area contributed by atoms with Gasteiger partial charge in [0.25, 0.3) is 0 Å². The standard InChI is InChI=1S/C18H23N3O3/c1-19-16(23)10-18(24)7-4-8-21(12-18)17-14(11-22)9-13-5-2-3-6-15(13)20-17/h2-3,5-6,9,22,24H,4,7-8,10-12H2,1H3,(H,19,23). The molecule has 128 valence electrons. The van der Waals surface area contributed by atoms with Crippen LogP contribution in [0.5, 0.6) is 0 Å². The molecule has 6 nitrogen and oxygen atoms in total. The third-order valence-corrected chi connectivity index (χ3v) is 4.57. The molecular weight excluding hydrogens is 306 g/mol. The van der Waals surface area contributed by atoms with Gasteiger partial charge in [-0.2, -0.15) is 0 Å². The van der Waals surface area contributed by atoms with E-state index in [1.165, 1.54) is 0 Å². The van der Waals surface area contributed by atoms with Gasteiger partial charge in [0.1, 0.15) is 5.82 Å². The largest absolute Gasteiger partial charge is 0.392 e. The maximum atomic E-state index is 11.7. The smallest absolute Gasteiger partial charge is 0.222 e. The lowest BCUT2D eigenvalue weighted by Crippen LogP contribution is -2.50. The Kier molecular flexibility index (Phi) is 4.69. The van der Waals surface area contributed by atoms with Gasteiger partial charge in [0.15, 0.2) is 0 Å². The van der Waals surface area contributed by atoms with Crippen LogP contribution in [0.15, 0.2) is 30.3 Å². The molecule has 3 rings (SSSR count). The van der Waals surface area contributed by atoms with Gasteiger partial charge in [0.05, 0.1) is 24.1 Å². The molecule has 0 aliphatic carbocycles. The number of para-hydroxylation sites is 1. The molecule has 0 radical (unpaired) electrons. The molecule has 1 unspecified atom stereocenters. The average molecular weight is 329 g/mol. The van der Waals surface area contributed by atoms with Crippen molar-refractivity contribution in [1.82, 2.24) is 10.3 Å². The summed E-state index contributed by atoms with van der Waals surface area (Å²) in [6.07, 6.45) is 1.42. The van der Waals surface area contributed by atoms with E-state index < -0.39 is 5.60 Å². The fourth-order valence-electron chi connectivity index (χ4n) is 3.36. The van der Waals surface area contributed by atoms with Crippen LogP contribution in [-0.4, -0.2) is 46.8 Å². The average Bonchev–Trinajstić information content (AvgIpc) is 2.60. The van der Waals surface area contributed by atoms with E-state index in [1.807, 2.05) is 35.2 Å². The van der Waals surface area contributed by atoms with Gasteiger partial charge in [0.2, 0.25) is 5.91 Å². The molecule has 2 aromatic rings. The first kappa shape index (κ1) is 16.7. The summed E-state index contributed by atoms with van der Waals surface area (Å²) in [6, 6.07) is 9.69. The van der Waals surface area contributed by atoms with Crippen LogP contribution < -0.4 is 10.2 Å². The number of aliphatic hydroxyl groups is 2. The second-order valence-corrected chi connectivity index (χ2v) is 6.42. The van der Waals surface area contributed by atoms with E-state index in [9.17, 15) is 15.0 Å². The summed E-state index contributed by atoms with van der Waals surface area (Å²) >= 11 is 0. The molecular formula is C18H23N3O3. The number of carbonyl (C=O) groups is 1. The molecule has 1 saturated heterocycles. The van der Waals surface area contributed by atoms with Crippen molar-refractivity contribution in [2.75, 3.05) is 25.0 Å². The number of fused-ring (bicyclic) bond motifs is 1. The number of piperidine rings is 1. The number of carbonyl (C=O) groups excluding carboxylic acids is 1. The van der Waals surface area contributed by atoms with E-state index in [0.29, 0.717) is 18.8 Å². The van der Waals surface area contributed by atoms with Crippen molar-refractivity contribution in [2.24, 2.45) is 0 Å². The number of benzene rings is 1. The molecule has 1 aliphatic rings. The van der Waals surface area contributed by atoms with Crippen molar-refractivity contribution < 1.29 is 15.0 Å². The number of aliphatic hydroxyl groups excluding tert-OH is 1. The van der Waals surface area contributed by atoms with Crippen molar-refractivity contribution in [1.29, 1.82) is 0 Å². The van der Waals surface area contributed by atoms with E-state index >= 15 is 0 Å². The van der Waals surface area contributed by atoms with Crippen molar-refractivity contribution in [3.05, 3.63) is 35.9 Å². The van der Waals surface area contributed by atoms with E-state index in [1.54, 1.807) is 7.05 Å². The molecule has 1 aliphatic heterocycles. The summed E-state index contributed by atoms with van der Waals surface area (Å²) in [6.45, 7) is 0.963. The number of pyridine rings is 1. The summed E-state index contributed by atoms with van der Waals surface area (Å²) in [5, 5.41) is 24.1. The molecule has 3 N–H and O–H groups in total. The first-order valence-electron chi connectivity index (χ1n) is 8.22. The monoisotopic (exact) mass is 329 g/mol. The predicted octanol–water partition coefficient (Wildman–Crippen LogP) is 1.19. The molecule has 2 heterocycles. The Balaban J connectivity index is 1.92. The molecule has 1 fully saturated rings. The fourth-order valence-corrected chi connectivity index (χ4v) is 3.36. The normalized spacial score (nSPS) is 21.0. The second-order valence-electron chi connectivity index (χ2n) is 6.42. The molecule has 6 heteroatoms. The molecule has 1 aromatic carbocycles. The summed E-state index contributed by atoms with van der Waals surface area (Å²) in [5.74, 6) is 0.513. The van der Waals surface area contributed by atoms with Crippen LogP contribution in [0.3, 0.4) is 0 Å². The lowest BCUT2D eigenvalue weighted by Gasteiger charge is -2.40. The van der Waals surface area contributed by atoms with Crippen molar-refractivity contribution in [3.63, 3.8) is 0 Å². The lowest BCUT2D eigenvalue weighted by molar-refractivity contribution is -0.125. The molecule has 0 spiro atoms. The number of amides is 1. The van der Waals surface area contributed by atoms with E-state index in [-0.39, 0.29) is 18.9 Å². The highest BCUT2D eigenvalue weighted by Gasteiger charge is 2.36. The number of anilines is 1. The van der Waals surface area contributed by atoms with Crippen LogP contribution in [0.2, 0.25) is 0 Å². The first-order chi connectivity index (χ1) is 11.5. The zero-order valence-corrected chi connectivity index (χ0v) is 13.8. The van der Waals surface area contributed by atoms with Crippen LogP contribution in [0.25, 0.3) is 10.9 Å². The quantitative estimate of drug-likeness (QED) is 0.785. The van der Waals surface area contributed by atoms with Gasteiger partial charge >= 0.3 is 0 Å². The highest BCUT2D eigenvalue weighted by Crippen LogP contribution is 2.31. The number of hydrogen-bond acceptors (Lipinski definition) is 5. The predicted molar refractivity (Wildman–Crippen MR) is 92.7 cm³/mol. The van der Waals surface area contributed by atoms with Crippen molar-refractivity contribution in [3.8, 4) is 0 Å². The number of nitrogens with zero attached hydrogens (tertiary/aromatic N) is 2. The van der Waals surface area contributed by atoms with Gasteiger partial charge in [-0.15, -0.1) is 0 Å². The zero-order valence-electron chi connectivity index (χ0n) is 13.8. The minimum absolute atomic E-state index is 0.0715. The summed E-state index contributed by atoms with van der Waals surface area (Å²) < 4.78 is 0. The Morgan fingerprint density at radius 3 is 2.96 bits per heavy atom. The molecule has 0 saturated carbocycles. The number of rotatable bonds is 4. The van der Waals surface area contributed by atoms with Crippen LogP contribution in [-0.2, 0) is 11.4 Å². The SMILES string of the molecule is CNC(=O)CC1(O)CCCN(c2nc3ccccc3cc2CO)C1. The Morgan fingerprint density at radius 2 is 2.21 bits per heavy atom. The molecule has 1 atom stereocenters. The Hall–Kier alpha value is -2.18. The van der Waals surface area contributed by atoms with Crippen molar-refractivity contribution in [2.45, 2.75) is 31.5 Å². The third-order valence-electron chi connectivity index (χ3n) is 4.57. The van der Waals surface area contributed by atoms with Gasteiger partial charge < -0.3 is 20.4 Å². The summed E-state index contributed by atoms with van der Waals surface area (Å²) in [5.41, 5.74) is 0.515. The highest BCUT2D eigenvalue weighted by molar-refractivity contribution is 5.82. The van der Waals surface area contributed by atoms with Gasteiger partial charge in [0, 0.05) is 31.1 Å². The van der Waals surface area contributed by atoms with Crippen LogP contribution in [0.1, 0.15) is 24.8 Å². The van der Waals surface area contributed by atoms with E-state index in [4.69, 9.17) is 0 Å². The Morgan fingerprint density at radius 1 is 1.42 bits per heavy atom. The zero-order chi connectivity index (χ0) is 17.2. The van der Waals surface area contributed by atoms with Gasteiger partial charge in [-0.05, 0) is 25.0 Å². The summed E-state index contributed by atoms with van der Waals surface area (Å²) in [7, 11) is 1.57. The first-order valence-corrected chi connectivity index (χ1v) is 8.22. The molecule has 0 bridgehead atoms. The van der Waals surface area contributed by atoms with Gasteiger partial charge in [-0.3, -0.25) is 4.79 Å². The Bertz CT molecular complexity index is 749. The minimum atomic E-state index is -1.07. The highest BCUT2D eigenvalue weighted by atomic mass is 16.3.